The molecule has 0 N–H and O–H groups in total. The summed E-state index contributed by atoms with van der Waals surface area (Å²) in [6.07, 6.45) is 3.07. The minimum absolute atomic E-state index is 0.211. The predicted molar refractivity (Wildman–Crippen MR) is 70.6 cm³/mol. The Morgan fingerprint density at radius 2 is 1.94 bits per heavy atom. The quantitative estimate of drug-likeness (QED) is 0.363. The Morgan fingerprint density at radius 1 is 1.24 bits per heavy atom. The van der Waals surface area contributed by atoms with Gasteiger partial charge in [0.2, 0.25) is 0 Å². The highest BCUT2D eigenvalue weighted by molar-refractivity contribution is 8.27. The van der Waals surface area contributed by atoms with Crippen LogP contribution in [-0.2, 0) is 4.79 Å². The number of hydrogen-bond acceptors (Lipinski definition) is 5. The number of allylic oxidation sites excluding steroid dienone is 1. The normalized spacial score (nSPS) is 13.8. The molecule has 0 amide bonds. The van der Waals surface area contributed by atoms with Crippen molar-refractivity contribution in [3.05, 3.63) is 50.7 Å². The van der Waals surface area contributed by atoms with Crippen molar-refractivity contribution < 1.29 is 9.59 Å². The van der Waals surface area contributed by atoms with Crippen LogP contribution in [0, 0.1) is 0 Å². The van der Waals surface area contributed by atoms with E-state index < -0.39 is 0 Å². The second-order valence-corrected chi connectivity index (χ2v) is 5.39. The van der Waals surface area contributed by atoms with Gasteiger partial charge in [-0.1, -0.05) is 23.5 Å². The van der Waals surface area contributed by atoms with Crippen molar-refractivity contribution in [3.63, 3.8) is 0 Å². The van der Waals surface area contributed by atoms with E-state index in [9.17, 15) is 9.59 Å². The van der Waals surface area contributed by atoms with E-state index in [-0.39, 0.29) is 17.1 Å². The molecule has 17 heavy (non-hydrogen) atoms. The van der Waals surface area contributed by atoms with Gasteiger partial charge in [0.1, 0.15) is 0 Å². The summed E-state index contributed by atoms with van der Waals surface area (Å²) in [4.78, 5) is 27.7. The van der Waals surface area contributed by atoms with Crippen LogP contribution in [-0.4, -0.2) is 16.6 Å². The number of carbonyl (C=O) groups excluding carboxylic acids is 2. The van der Waals surface area contributed by atoms with Crippen LogP contribution in [0.4, 0.5) is 0 Å². The molecule has 0 fully saturated rings. The molecule has 2 heterocycles. The summed E-state index contributed by atoms with van der Waals surface area (Å²) >= 11 is 2.80. The van der Waals surface area contributed by atoms with Crippen molar-refractivity contribution in [1.82, 2.24) is 4.98 Å². The third-order valence-electron chi connectivity index (χ3n) is 2.11. The van der Waals surface area contributed by atoms with E-state index in [0.717, 1.165) is 4.24 Å². The molecule has 0 radical (unpaired) electrons. The lowest BCUT2D eigenvalue weighted by Gasteiger charge is -2.05. The van der Waals surface area contributed by atoms with Crippen molar-refractivity contribution in [2.45, 2.75) is 6.92 Å². The van der Waals surface area contributed by atoms with Gasteiger partial charge in [-0.25, -0.2) is 0 Å². The Balaban J connectivity index is 2.39. The number of hydrogen-bond donors (Lipinski definition) is 0. The number of pyridine rings is 1. The molecule has 3 nitrogen and oxygen atoms in total. The molecule has 0 atom stereocenters. The SMILES string of the molecule is CC(=O)C(C(=O)c1cccnc1)=C1SC=CS1. The van der Waals surface area contributed by atoms with Crippen LogP contribution < -0.4 is 0 Å². The fourth-order valence-electron chi connectivity index (χ4n) is 1.36. The van der Waals surface area contributed by atoms with Gasteiger partial charge in [-0.15, -0.1) is 0 Å². The summed E-state index contributed by atoms with van der Waals surface area (Å²) in [5.41, 5.74) is 0.691. The molecule has 0 saturated carbocycles. The summed E-state index contributed by atoms with van der Waals surface area (Å²) in [5, 5.41) is 3.72. The second-order valence-electron chi connectivity index (χ2n) is 3.30. The van der Waals surface area contributed by atoms with Crippen molar-refractivity contribution in [3.8, 4) is 0 Å². The molecule has 86 valence electrons. The summed E-state index contributed by atoms with van der Waals surface area (Å²) in [5.74, 6) is -0.471. The van der Waals surface area contributed by atoms with Crippen LogP contribution >= 0.6 is 23.5 Å². The van der Waals surface area contributed by atoms with Crippen molar-refractivity contribution in [1.29, 1.82) is 0 Å². The van der Waals surface area contributed by atoms with E-state index in [2.05, 4.69) is 4.98 Å². The highest BCUT2D eigenvalue weighted by atomic mass is 32.2. The average Bonchev–Trinajstić information content (AvgIpc) is 2.83. The Hall–Kier alpha value is -1.33. The lowest BCUT2D eigenvalue weighted by Crippen LogP contribution is -2.12. The Kier molecular flexibility index (Phi) is 3.81. The van der Waals surface area contributed by atoms with E-state index in [1.165, 1.54) is 36.6 Å². The minimum Gasteiger partial charge on any atom is -0.294 e. The maximum Gasteiger partial charge on any atom is 0.199 e. The smallest absolute Gasteiger partial charge is 0.199 e. The summed E-state index contributed by atoms with van der Waals surface area (Å²) in [6, 6.07) is 3.35. The molecule has 0 bridgehead atoms. The number of aromatic nitrogens is 1. The third-order valence-corrected chi connectivity index (χ3v) is 4.24. The lowest BCUT2D eigenvalue weighted by atomic mass is 10.0. The van der Waals surface area contributed by atoms with Crippen LogP contribution in [0.1, 0.15) is 17.3 Å². The van der Waals surface area contributed by atoms with Gasteiger partial charge in [0, 0.05) is 18.0 Å². The molecule has 0 unspecified atom stereocenters. The van der Waals surface area contributed by atoms with Gasteiger partial charge in [0.05, 0.1) is 9.81 Å². The second kappa shape index (κ2) is 5.33. The lowest BCUT2D eigenvalue weighted by molar-refractivity contribution is -0.113. The first kappa shape index (κ1) is 12.1. The van der Waals surface area contributed by atoms with Gasteiger partial charge in [-0.05, 0) is 29.9 Å². The standard InChI is InChI=1S/C12H9NO2S2/c1-8(14)10(12-16-5-6-17-12)11(15)9-3-2-4-13-7-9/h2-7H,1H3. The molecule has 0 saturated heterocycles. The maximum atomic E-state index is 12.2. The third kappa shape index (κ3) is 2.68. The van der Waals surface area contributed by atoms with Gasteiger partial charge in [0.15, 0.2) is 11.6 Å². The number of Topliss-reactive ketones (excluding diaryl/α,β-unsaturated/α-hetero) is 2. The topological polar surface area (TPSA) is 47.0 Å². The monoisotopic (exact) mass is 263 g/mol. The van der Waals surface area contributed by atoms with Gasteiger partial charge in [-0.2, -0.15) is 0 Å². The summed E-state index contributed by atoms with van der Waals surface area (Å²) in [7, 11) is 0. The van der Waals surface area contributed by atoms with Crippen molar-refractivity contribution in [2.24, 2.45) is 0 Å². The molecule has 0 aromatic carbocycles. The number of nitrogens with zero attached hydrogens (tertiary/aromatic N) is 1. The van der Waals surface area contributed by atoms with E-state index >= 15 is 0 Å². The molecule has 1 aromatic heterocycles. The van der Waals surface area contributed by atoms with Gasteiger partial charge in [-0.3, -0.25) is 14.6 Å². The Bertz CT molecular complexity index is 511. The first-order valence-corrected chi connectivity index (χ1v) is 6.64. The van der Waals surface area contributed by atoms with Crippen LogP contribution in [0.3, 0.4) is 0 Å². The van der Waals surface area contributed by atoms with Gasteiger partial charge < -0.3 is 0 Å². The van der Waals surface area contributed by atoms with Crippen LogP contribution in [0.25, 0.3) is 0 Å². The molecule has 1 aromatic rings. The fourth-order valence-corrected chi connectivity index (χ4v) is 3.32. The number of ketones is 2. The molecule has 1 aliphatic rings. The molecular formula is C12H9NO2S2. The molecule has 2 rings (SSSR count). The zero-order valence-corrected chi connectivity index (χ0v) is 10.7. The highest BCUT2D eigenvalue weighted by Crippen LogP contribution is 2.40. The first-order valence-electron chi connectivity index (χ1n) is 4.88. The molecule has 0 spiro atoms. The van der Waals surface area contributed by atoms with Crippen molar-refractivity contribution >= 4 is 35.1 Å². The maximum absolute atomic E-state index is 12.2. The van der Waals surface area contributed by atoms with Gasteiger partial charge >= 0.3 is 0 Å². The van der Waals surface area contributed by atoms with Crippen LogP contribution in [0.5, 0.6) is 0 Å². The van der Waals surface area contributed by atoms with E-state index in [0.29, 0.717) is 5.56 Å². The number of carbonyl (C=O) groups is 2. The first-order chi connectivity index (χ1) is 8.20. The zero-order valence-electron chi connectivity index (χ0n) is 9.04. The predicted octanol–water partition coefficient (Wildman–Crippen LogP) is 3.02. The number of rotatable bonds is 3. The largest absolute Gasteiger partial charge is 0.294 e. The molecule has 1 aliphatic heterocycles. The van der Waals surface area contributed by atoms with E-state index in [4.69, 9.17) is 0 Å². The van der Waals surface area contributed by atoms with Gasteiger partial charge in [0.25, 0.3) is 0 Å². The van der Waals surface area contributed by atoms with E-state index in [1.807, 2.05) is 10.8 Å². The summed E-state index contributed by atoms with van der Waals surface area (Å²) < 4.78 is 0.742. The Labute approximate surface area is 107 Å². The fraction of sp³-hybridized carbons (Fsp3) is 0.0833. The molecular weight excluding hydrogens is 254 g/mol. The zero-order chi connectivity index (χ0) is 12.3. The summed E-state index contributed by atoms with van der Waals surface area (Å²) in [6.45, 7) is 1.41. The Morgan fingerprint density at radius 3 is 2.47 bits per heavy atom. The number of thioether (sulfide) groups is 2. The van der Waals surface area contributed by atoms with Crippen LogP contribution in [0.15, 0.2) is 45.2 Å². The minimum atomic E-state index is -0.260. The average molecular weight is 263 g/mol. The van der Waals surface area contributed by atoms with Crippen LogP contribution in [0.2, 0.25) is 0 Å². The molecule has 0 aliphatic carbocycles. The van der Waals surface area contributed by atoms with Crippen molar-refractivity contribution in [2.75, 3.05) is 0 Å². The highest BCUT2D eigenvalue weighted by Gasteiger charge is 2.23. The molecule has 5 heteroatoms. The van der Waals surface area contributed by atoms with E-state index in [1.54, 1.807) is 18.3 Å².